The number of sulfonamides is 1. The van der Waals surface area contributed by atoms with Crippen molar-refractivity contribution in [1.29, 1.82) is 0 Å². The Balaban J connectivity index is 1.53. The smallest absolute Gasteiger partial charge is 0.265 e. The number of nitrogens with two attached hydrogens (primary N) is 1. The highest BCUT2D eigenvalue weighted by Crippen LogP contribution is 2.42. The second-order valence-electron chi connectivity index (χ2n) is 6.57. The molecular formula is C20H16N6O2S. The molecule has 0 radical (unpaired) electrons. The highest BCUT2D eigenvalue weighted by atomic mass is 32.2. The molecule has 0 saturated carbocycles. The van der Waals surface area contributed by atoms with Crippen LogP contribution in [0.2, 0.25) is 0 Å². The van der Waals surface area contributed by atoms with Gasteiger partial charge in [-0.15, -0.1) is 0 Å². The van der Waals surface area contributed by atoms with Crippen molar-refractivity contribution in [2.75, 3.05) is 15.4 Å². The van der Waals surface area contributed by atoms with Gasteiger partial charge in [-0.1, -0.05) is 42.5 Å². The molecule has 0 bridgehead atoms. The predicted molar refractivity (Wildman–Crippen MR) is 111 cm³/mol. The number of anilines is 4. The maximum Gasteiger partial charge on any atom is 0.265 e. The molecule has 3 aromatic carbocycles. The molecule has 0 saturated heterocycles. The van der Waals surface area contributed by atoms with Crippen LogP contribution >= 0.6 is 0 Å². The standard InChI is InChI=1S/C20H16N6O2S/c21-19-23-17(24-20(25-19)22-14-8-2-1-3-9-14)12-26-15-10-4-6-13-7-5-11-16(18(13)15)29(26,27)28/h1-11H,12H2,(H3,21,22,23,24,25). The maximum atomic E-state index is 13.1. The van der Waals surface area contributed by atoms with Gasteiger partial charge in [-0.2, -0.15) is 15.0 Å². The number of rotatable bonds is 4. The Hall–Kier alpha value is -3.72. The summed E-state index contributed by atoms with van der Waals surface area (Å²) in [6.45, 7) is -0.0493. The van der Waals surface area contributed by atoms with Crippen LogP contribution in [-0.4, -0.2) is 23.4 Å². The van der Waals surface area contributed by atoms with Gasteiger partial charge in [-0.25, -0.2) is 8.42 Å². The van der Waals surface area contributed by atoms with E-state index in [9.17, 15) is 8.42 Å². The number of hydrogen-bond acceptors (Lipinski definition) is 7. The van der Waals surface area contributed by atoms with Crippen molar-refractivity contribution in [1.82, 2.24) is 15.0 Å². The molecule has 2 heterocycles. The normalized spacial score (nSPS) is 14.3. The monoisotopic (exact) mass is 404 g/mol. The van der Waals surface area contributed by atoms with E-state index in [4.69, 9.17) is 5.73 Å². The SMILES string of the molecule is Nc1nc(CN2c3cccc4cccc(c34)S2(=O)=O)nc(Nc2ccccc2)n1. The first-order chi connectivity index (χ1) is 14.0. The zero-order valence-electron chi connectivity index (χ0n) is 15.1. The van der Waals surface area contributed by atoms with Gasteiger partial charge in [0.1, 0.15) is 0 Å². The molecule has 1 aromatic heterocycles. The van der Waals surface area contributed by atoms with E-state index in [1.807, 2.05) is 48.5 Å². The molecule has 0 amide bonds. The number of nitrogens with zero attached hydrogens (tertiary/aromatic N) is 4. The summed E-state index contributed by atoms with van der Waals surface area (Å²) < 4.78 is 27.6. The second-order valence-corrected chi connectivity index (χ2v) is 8.40. The van der Waals surface area contributed by atoms with Gasteiger partial charge in [0.2, 0.25) is 11.9 Å². The Kier molecular flexibility index (Phi) is 3.85. The molecule has 0 aliphatic carbocycles. The summed E-state index contributed by atoms with van der Waals surface area (Å²) >= 11 is 0. The third-order valence-corrected chi connectivity index (χ3v) is 6.50. The minimum atomic E-state index is -3.71. The molecule has 0 unspecified atom stereocenters. The lowest BCUT2D eigenvalue weighted by molar-refractivity contribution is 0.592. The molecule has 29 heavy (non-hydrogen) atoms. The van der Waals surface area contributed by atoms with Crippen LogP contribution in [0.4, 0.5) is 23.3 Å². The average molecular weight is 404 g/mol. The van der Waals surface area contributed by atoms with Crippen molar-refractivity contribution in [2.24, 2.45) is 0 Å². The zero-order chi connectivity index (χ0) is 20.0. The second kappa shape index (κ2) is 6.42. The summed E-state index contributed by atoms with van der Waals surface area (Å²) in [7, 11) is -3.71. The van der Waals surface area contributed by atoms with E-state index in [0.717, 1.165) is 11.1 Å². The molecule has 0 fully saturated rings. The zero-order valence-corrected chi connectivity index (χ0v) is 16.0. The van der Waals surface area contributed by atoms with Crippen LogP contribution in [0.3, 0.4) is 0 Å². The van der Waals surface area contributed by atoms with Gasteiger partial charge in [0.25, 0.3) is 10.0 Å². The van der Waals surface area contributed by atoms with Crippen LogP contribution in [0.5, 0.6) is 0 Å². The first kappa shape index (κ1) is 17.4. The van der Waals surface area contributed by atoms with Crippen molar-refractivity contribution in [3.8, 4) is 0 Å². The van der Waals surface area contributed by atoms with Gasteiger partial charge in [0.15, 0.2) is 5.82 Å². The Morgan fingerprint density at radius 1 is 0.897 bits per heavy atom. The summed E-state index contributed by atoms with van der Waals surface area (Å²) in [5, 5.41) is 4.63. The van der Waals surface area contributed by atoms with Crippen molar-refractivity contribution in [2.45, 2.75) is 11.4 Å². The lowest BCUT2D eigenvalue weighted by atomic mass is 10.1. The van der Waals surface area contributed by atoms with Crippen molar-refractivity contribution < 1.29 is 8.42 Å². The van der Waals surface area contributed by atoms with E-state index >= 15 is 0 Å². The molecule has 144 valence electrons. The van der Waals surface area contributed by atoms with Crippen LogP contribution in [0, 0.1) is 0 Å². The minimum Gasteiger partial charge on any atom is -0.368 e. The van der Waals surface area contributed by atoms with Crippen LogP contribution in [0.25, 0.3) is 10.8 Å². The summed E-state index contributed by atoms with van der Waals surface area (Å²) in [5.74, 6) is 0.524. The highest BCUT2D eigenvalue weighted by molar-refractivity contribution is 7.93. The van der Waals surface area contributed by atoms with Crippen LogP contribution in [0.15, 0.2) is 71.6 Å². The van der Waals surface area contributed by atoms with Crippen molar-refractivity contribution in [3.63, 3.8) is 0 Å². The van der Waals surface area contributed by atoms with Gasteiger partial charge in [-0.05, 0) is 29.7 Å². The van der Waals surface area contributed by atoms with E-state index < -0.39 is 10.0 Å². The van der Waals surface area contributed by atoms with Crippen LogP contribution in [-0.2, 0) is 16.6 Å². The van der Waals surface area contributed by atoms with Gasteiger partial charge in [0, 0.05) is 11.1 Å². The molecular weight excluding hydrogens is 388 g/mol. The van der Waals surface area contributed by atoms with Crippen molar-refractivity contribution in [3.05, 3.63) is 72.6 Å². The summed E-state index contributed by atoms with van der Waals surface area (Å²) in [6, 6.07) is 20.1. The van der Waals surface area contributed by atoms with Gasteiger partial charge >= 0.3 is 0 Å². The quantitative estimate of drug-likeness (QED) is 0.537. The number of hydrogen-bond donors (Lipinski definition) is 2. The van der Waals surface area contributed by atoms with E-state index in [2.05, 4.69) is 20.3 Å². The van der Waals surface area contributed by atoms with E-state index in [-0.39, 0.29) is 29.2 Å². The van der Waals surface area contributed by atoms with Gasteiger partial charge in [-0.3, -0.25) is 4.31 Å². The molecule has 9 heteroatoms. The Labute approximate surface area is 167 Å². The number of nitrogens with one attached hydrogen (secondary N) is 1. The Morgan fingerprint density at radius 3 is 2.45 bits per heavy atom. The first-order valence-electron chi connectivity index (χ1n) is 8.89. The fraction of sp³-hybridized carbons (Fsp3) is 0.0500. The van der Waals surface area contributed by atoms with E-state index in [1.165, 1.54) is 4.31 Å². The molecule has 0 atom stereocenters. The summed E-state index contributed by atoms with van der Waals surface area (Å²) in [5.41, 5.74) is 7.24. The molecule has 0 spiro atoms. The summed E-state index contributed by atoms with van der Waals surface area (Å²) in [6.07, 6.45) is 0. The van der Waals surface area contributed by atoms with Gasteiger partial charge < -0.3 is 11.1 Å². The van der Waals surface area contributed by atoms with Crippen molar-refractivity contribution >= 4 is 44.1 Å². The minimum absolute atomic E-state index is 0.0146. The Morgan fingerprint density at radius 2 is 1.66 bits per heavy atom. The average Bonchev–Trinajstić information content (AvgIpc) is 2.92. The van der Waals surface area contributed by atoms with E-state index in [1.54, 1.807) is 18.2 Å². The molecule has 1 aliphatic heterocycles. The largest absolute Gasteiger partial charge is 0.368 e. The number of nitrogen functional groups attached to an aromatic ring is 1. The van der Waals surface area contributed by atoms with E-state index in [0.29, 0.717) is 11.1 Å². The molecule has 5 rings (SSSR count). The third kappa shape index (κ3) is 2.92. The maximum absolute atomic E-state index is 13.1. The predicted octanol–water partition coefficient (Wildman–Crippen LogP) is 3.06. The molecule has 8 nitrogen and oxygen atoms in total. The number of para-hydroxylation sites is 1. The highest BCUT2D eigenvalue weighted by Gasteiger charge is 2.36. The number of benzene rings is 3. The number of aromatic nitrogens is 3. The lowest BCUT2D eigenvalue weighted by Gasteiger charge is -2.18. The van der Waals surface area contributed by atoms with Crippen LogP contribution in [0.1, 0.15) is 5.82 Å². The molecule has 3 N–H and O–H groups in total. The van der Waals surface area contributed by atoms with Gasteiger partial charge in [0.05, 0.1) is 17.1 Å². The first-order valence-corrected chi connectivity index (χ1v) is 10.3. The fourth-order valence-electron chi connectivity index (χ4n) is 3.47. The third-order valence-electron chi connectivity index (χ3n) is 4.70. The molecule has 4 aromatic rings. The molecule has 1 aliphatic rings. The Bertz CT molecular complexity index is 1340. The topological polar surface area (TPSA) is 114 Å². The van der Waals surface area contributed by atoms with Crippen LogP contribution < -0.4 is 15.4 Å². The fourth-order valence-corrected chi connectivity index (χ4v) is 5.14. The lowest BCUT2D eigenvalue weighted by Crippen LogP contribution is -2.28. The summed E-state index contributed by atoms with van der Waals surface area (Å²) in [4.78, 5) is 12.9.